The van der Waals surface area contributed by atoms with E-state index < -0.39 is 23.2 Å². The van der Waals surface area contributed by atoms with Crippen molar-refractivity contribution in [3.63, 3.8) is 0 Å². The first-order chi connectivity index (χ1) is 12.8. The zero-order valence-electron chi connectivity index (χ0n) is 15.3. The lowest BCUT2D eigenvalue weighted by atomic mass is 10.1. The molecule has 2 amide bonds. The van der Waals surface area contributed by atoms with Crippen LogP contribution in [0.25, 0.3) is 0 Å². The quantitative estimate of drug-likeness (QED) is 0.353. The Labute approximate surface area is 156 Å². The van der Waals surface area contributed by atoms with Crippen molar-refractivity contribution in [2.75, 3.05) is 5.32 Å². The van der Waals surface area contributed by atoms with E-state index in [-0.39, 0.29) is 5.69 Å². The van der Waals surface area contributed by atoms with Crippen molar-refractivity contribution in [3.05, 3.63) is 68.8 Å². The van der Waals surface area contributed by atoms with Gasteiger partial charge in [-0.2, -0.15) is 5.10 Å². The summed E-state index contributed by atoms with van der Waals surface area (Å²) in [5.41, 5.74) is 5.96. The number of nitrogens with zero attached hydrogens (tertiary/aromatic N) is 2. The normalized spacial score (nSPS) is 10.6. The predicted octanol–water partition coefficient (Wildman–Crippen LogP) is 3.00. The van der Waals surface area contributed by atoms with Crippen LogP contribution in [0, 0.1) is 30.9 Å². The zero-order chi connectivity index (χ0) is 20.0. The molecule has 0 aliphatic rings. The van der Waals surface area contributed by atoms with E-state index in [1.165, 1.54) is 12.3 Å². The number of amides is 2. The van der Waals surface area contributed by atoms with Gasteiger partial charge < -0.3 is 5.32 Å². The molecule has 0 unspecified atom stereocenters. The van der Waals surface area contributed by atoms with Gasteiger partial charge in [0, 0.05) is 22.9 Å². The molecule has 0 fully saturated rings. The smallest absolute Gasteiger partial charge is 0.272 e. The van der Waals surface area contributed by atoms with E-state index in [0.717, 1.165) is 11.1 Å². The molecule has 0 aliphatic carbocycles. The molecule has 8 heteroatoms. The number of nitro benzene ring substituents is 1. The molecule has 2 aromatic carbocycles. The number of anilines is 1. The molecule has 0 atom stereocenters. The highest BCUT2D eigenvalue weighted by atomic mass is 16.6. The second-order valence-electron chi connectivity index (χ2n) is 6.12. The minimum absolute atomic E-state index is 0.0296. The Kier molecular flexibility index (Phi) is 6.37. The molecular formula is C19H20N4O4. The summed E-state index contributed by atoms with van der Waals surface area (Å²) in [6.07, 6.45) is 0.893. The van der Waals surface area contributed by atoms with Crippen molar-refractivity contribution in [2.45, 2.75) is 27.2 Å². The highest BCUT2D eigenvalue weighted by Crippen LogP contribution is 2.18. The Morgan fingerprint density at radius 2 is 1.74 bits per heavy atom. The van der Waals surface area contributed by atoms with Crippen LogP contribution in [0.5, 0.6) is 0 Å². The van der Waals surface area contributed by atoms with Crippen molar-refractivity contribution in [1.82, 2.24) is 5.43 Å². The molecule has 0 spiro atoms. The molecule has 27 heavy (non-hydrogen) atoms. The van der Waals surface area contributed by atoms with Crippen molar-refractivity contribution < 1.29 is 14.5 Å². The van der Waals surface area contributed by atoms with Crippen LogP contribution < -0.4 is 10.7 Å². The number of nitro groups is 1. The number of hydrogen-bond donors (Lipinski definition) is 2. The van der Waals surface area contributed by atoms with Gasteiger partial charge in [-0.15, -0.1) is 0 Å². The number of hydrazone groups is 1. The third kappa shape index (κ3) is 5.74. The van der Waals surface area contributed by atoms with Crippen LogP contribution in [0.1, 0.15) is 28.7 Å². The van der Waals surface area contributed by atoms with Crippen molar-refractivity contribution in [2.24, 2.45) is 5.10 Å². The molecule has 0 radical (unpaired) electrons. The molecule has 0 saturated carbocycles. The van der Waals surface area contributed by atoms with Gasteiger partial charge in [-0.3, -0.25) is 19.7 Å². The standard InChI is InChI=1S/C19H20N4O4/c1-12-5-7-16(8-14(12)3)21-18(24)10-19(25)22-20-11-15-6-4-13(2)17(9-15)23(26)27/h4-9,11H,10H2,1-3H3,(H,21,24)(H,22,25). The van der Waals surface area contributed by atoms with Crippen LogP contribution in [0.4, 0.5) is 11.4 Å². The van der Waals surface area contributed by atoms with Crippen LogP contribution in [-0.2, 0) is 9.59 Å². The van der Waals surface area contributed by atoms with E-state index in [4.69, 9.17) is 0 Å². The minimum Gasteiger partial charge on any atom is -0.326 e. The van der Waals surface area contributed by atoms with Gasteiger partial charge in [0.05, 0.1) is 11.1 Å². The van der Waals surface area contributed by atoms with Gasteiger partial charge in [0.25, 0.3) is 5.69 Å². The second-order valence-corrected chi connectivity index (χ2v) is 6.12. The number of carbonyl (C=O) groups excluding carboxylic acids is 2. The topological polar surface area (TPSA) is 114 Å². The summed E-state index contributed by atoms with van der Waals surface area (Å²) in [5.74, 6) is -1.05. The Balaban J connectivity index is 1.89. The number of nitrogens with one attached hydrogen (secondary N) is 2. The van der Waals surface area contributed by atoms with Gasteiger partial charge in [-0.25, -0.2) is 5.43 Å². The zero-order valence-corrected chi connectivity index (χ0v) is 15.3. The molecule has 8 nitrogen and oxygen atoms in total. The first-order valence-electron chi connectivity index (χ1n) is 8.20. The van der Waals surface area contributed by atoms with E-state index in [0.29, 0.717) is 16.8 Å². The molecule has 0 bridgehead atoms. The van der Waals surface area contributed by atoms with Crippen LogP contribution >= 0.6 is 0 Å². The largest absolute Gasteiger partial charge is 0.326 e. The summed E-state index contributed by atoms with van der Waals surface area (Å²) >= 11 is 0. The maximum atomic E-state index is 11.9. The van der Waals surface area contributed by atoms with Crippen LogP contribution in [0.15, 0.2) is 41.5 Å². The number of rotatable bonds is 6. The second kappa shape index (κ2) is 8.70. The third-order valence-corrected chi connectivity index (χ3v) is 3.94. The molecule has 2 aromatic rings. The maximum Gasteiger partial charge on any atom is 0.272 e. The average molecular weight is 368 g/mol. The molecule has 0 aromatic heterocycles. The number of aryl methyl sites for hydroxylation is 3. The Bertz CT molecular complexity index is 922. The predicted molar refractivity (Wildman–Crippen MR) is 103 cm³/mol. The van der Waals surface area contributed by atoms with Gasteiger partial charge in [-0.05, 0) is 44.0 Å². The van der Waals surface area contributed by atoms with Crippen LogP contribution in [0.2, 0.25) is 0 Å². The van der Waals surface area contributed by atoms with E-state index in [2.05, 4.69) is 15.8 Å². The summed E-state index contributed by atoms with van der Waals surface area (Å²) < 4.78 is 0. The molecule has 2 N–H and O–H groups in total. The lowest BCUT2D eigenvalue weighted by Gasteiger charge is -2.07. The number of carbonyl (C=O) groups is 2. The summed E-state index contributed by atoms with van der Waals surface area (Å²) in [6.45, 7) is 5.53. The monoisotopic (exact) mass is 368 g/mol. The number of hydrogen-bond acceptors (Lipinski definition) is 5. The van der Waals surface area contributed by atoms with Crippen LogP contribution in [0.3, 0.4) is 0 Å². The average Bonchev–Trinajstić information content (AvgIpc) is 2.59. The van der Waals surface area contributed by atoms with Gasteiger partial charge in [0.2, 0.25) is 11.8 Å². The fraction of sp³-hybridized carbons (Fsp3) is 0.211. The lowest BCUT2D eigenvalue weighted by Crippen LogP contribution is -2.24. The Hall–Kier alpha value is -3.55. The molecule has 0 heterocycles. The van der Waals surface area contributed by atoms with Gasteiger partial charge >= 0.3 is 0 Å². The molecule has 140 valence electrons. The SMILES string of the molecule is Cc1ccc(NC(=O)CC(=O)NN=Cc2ccc(C)c([N+](=O)[O-])c2)cc1C. The summed E-state index contributed by atoms with van der Waals surface area (Å²) in [6, 6.07) is 10.1. The van der Waals surface area contributed by atoms with E-state index in [1.807, 2.05) is 26.0 Å². The fourth-order valence-corrected chi connectivity index (χ4v) is 2.29. The van der Waals surface area contributed by atoms with Gasteiger partial charge in [-0.1, -0.05) is 18.2 Å². The van der Waals surface area contributed by atoms with Gasteiger partial charge in [0.15, 0.2) is 0 Å². The maximum absolute atomic E-state index is 11.9. The van der Waals surface area contributed by atoms with Crippen molar-refractivity contribution in [3.8, 4) is 0 Å². The van der Waals surface area contributed by atoms with Crippen LogP contribution in [-0.4, -0.2) is 23.0 Å². The lowest BCUT2D eigenvalue weighted by molar-refractivity contribution is -0.385. The molecular weight excluding hydrogens is 348 g/mol. The Morgan fingerprint density at radius 3 is 2.41 bits per heavy atom. The minimum atomic E-state index is -0.589. The number of benzene rings is 2. The summed E-state index contributed by atoms with van der Waals surface area (Å²) in [7, 11) is 0. The first kappa shape index (κ1) is 19.8. The molecule has 0 aliphatic heterocycles. The van der Waals surface area contributed by atoms with E-state index in [1.54, 1.807) is 25.1 Å². The summed E-state index contributed by atoms with van der Waals surface area (Å²) in [4.78, 5) is 34.1. The van der Waals surface area contributed by atoms with E-state index in [9.17, 15) is 19.7 Å². The fourth-order valence-electron chi connectivity index (χ4n) is 2.29. The van der Waals surface area contributed by atoms with Gasteiger partial charge in [0.1, 0.15) is 6.42 Å². The molecule has 0 saturated heterocycles. The molecule has 2 rings (SSSR count). The third-order valence-electron chi connectivity index (χ3n) is 3.94. The highest BCUT2D eigenvalue weighted by Gasteiger charge is 2.11. The Morgan fingerprint density at radius 1 is 1.04 bits per heavy atom. The summed E-state index contributed by atoms with van der Waals surface area (Å²) in [5, 5.41) is 17.3. The highest BCUT2D eigenvalue weighted by molar-refractivity contribution is 6.03. The first-order valence-corrected chi connectivity index (χ1v) is 8.20. The van der Waals surface area contributed by atoms with Crippen molar-refractivity contribution in [1.29, 1.82) is 0 Å². The van der Waals surface area contributed by atoms with Crippen molar-refractivity contribution >= 4 is 29.4 Å². The van der Waals surface area contributed by atoms with E-state index >= 15 is 0 Å².